The number of anilines is 2. The van der Waals surface area contributed by atoms with Crippen molar-refractivity contribution in [2.24, 2.45) is 11.5 Å². The second-order valence-corrected chi connectivity index (χ2v) is 8.32. The van der Waals surface area contributed by atoms with Gasteiger partial charge in [-0.3, -0.25) is 31.4 Å². The van der Waals surface area contributed by atoms with Crippen LogP contribution in [0.4, 0.5) is 11.4 Å². The average Bonchev–Trinajstić information content (AvgIpc) is 2.78. The largest absolute Gasteiger partial charge is 0.370 e. The number of hydrogen-bond acceptors (Lipinski definition) is 4. The highest BCUT2D eigenvalue weighted by atomic mass is 35.5. The molecule has 0 spiro atoms. The third kappa shape index (κ3) is 8.80. The third-order valence-corrected chi connectivity index (χ3v) is 5.35. The van der Waals surface area contributed by atoms with Crippen LogP contribution in [0.3, 0.4) is 0 Å². The number of halogens is 2. The first-order valence-electron chi connectivity index (χ1n) is 10.6. The number of rotatable bonds is 9. The second-order valence-electron chi connectivity index (χ2n) is 7.45. The van der Waals surface area contributed by atoms with Crippen LogP contribution in [0.5, 0.6) is 0 Å². The zero-order chi connectivity index (χ0) is 25.1. The lowest BCUT2D eigenvalue weighted by atomic mass is 10.2. The maximum atomic E-state index is 8.22. The molecule has 0 atom stereocenters. The van der Waals surface area contributed by atoms with Gasteiger partial charge < -0.3 is 22.1 Å². The Labute approximate surface area is 209 Å². The van der Waals surface area contributed by atoms with Crippen LogP contribution in [-0.2, 0) is 0 Å². The molecule has 0 aliphatic carbocycles. The maximum absolute atomic E-state index is 8.22. The van der Waals surface area contributed by atoms with Crippen molar-refractivity contribution >= 4 is 58.4 Å². The van der Waals surface area contributed by atoms with Crippen LogP contribution in [0, 0.1) is 21.6 Å². The van der Waals surface area contributed by atoms with Crippen molar-refractivity contribution in [1.29, 1.82) is 21.6 Å². The van der Waals surface area contributed by atoms with E-state index in [9.17, 15) is 0 Å². The first kappa shape index (κ1) is 26.7. The summed E-state index contributed by atoms with van der Waals surface area (Å²) in [6.45, 7) is 0.832. The fourth-order valence-corrected chi connectivity index (χ4v) is 3.33. The fraction of sp³-hybridized carbons (Fsp3) is 0.273. The molecule has 0 unspecified atom stereocenters. The zero-order valence-corrected chi connectivity index (χ0v) is 20.2. The summed E-state index contributed by atoms with van der Waals surface area (Å²) in [6, 6.07) is 13.8. The Morgan fingerprint density at radius 1 is 0.618 bits per heavy atom. The topological polar surface area (TPSA) is 178 Å². The van der Waals surface area contributed by atoms with Gasteiger partial charge in [0, 0.05) is 34.5 Å². The zero-order valence-electron chi connectivity index (χ0n) is 18.7. The fourth-order valence-electron chi connectivity index (χ4n) is 3.07. The van der Waals surface area contributed by atoms with Crippen molar-refractivity contribution in [3.8, 4) is 0 Å². The molecule has 0 aromatic heterocycles. The molecular formula is C22H30Cl2N10. The highest BCUT2D eigenvalue weighted by Gasteiger charge is 2.14. The Morgan fingerprint density at radius 2 is 0.941 bits per heavy atom. The minimum atomic E-state index is -0.212. The van der Waals surface area contributed by atoms with E-state index < -0.39 is 0 Å². The van der Waals surface area contributed by atoms with Gasteiger partial charge in [-0.25, -0.2) is 0 Å². The second kappa shape index (κ2) is 13.3. The minimum Gasteiger partial charge on any atom is -0.370 e. The molecule has 0 aliphatic rings. The summed E-state index contributed by atoms with van der Waals surface area (Å²) in [5.74, 6) is -0.398. The van der Waals surface area contributed by atoms with Gasteiger partial charge in [0.1, 0.15) is 0 Å². The summed E-state index contributed by atoms with van der Waals surface area (Å²) in [4.78, 5) is 2.78. The van der Waals surface area contributed by atoms with E-state index in [-0.39, 0.29) is 23.8 Å². The SMILES string of the molecule is N=C(N)N(CCCCCCN(C(=N)N)C(=N)Nc1ccc(Cl)cc1)C(=N)Nc1ccc(Cl)cc1. The van der Waals surface area contributed by atoms with E-state index in [4.69, 9.17) is 56.3 Å². The summed E-state index contributed by atoms with van der Waals surface area (Å²) in [5.41, 5.74) is 12.7. The average molecular weight is 505 g/mol. The van der Waals surface area contributed by atoms with Gasteiger partial charge in [-0.1, -0.05) is 36.0 Å². The molecular weight excluding hydrogens is 475 g/mol. The quantitative estimate of drug-likeness (QED) is 0.143. The molecule has 182 valence electrons. The van der Waals surface area contributed by atoms with Crippen molar-refractivity contribution < 1.29 is 0 Å². The molecule has 0 aliphatic heterocycles. The monoisotopic (exact) mass is 504 g/mol. The van der Waals surface area contributed by atoms with Gasteiger partial charge in [0.25, 0.3) is 0 Å². The van der Waals surface area contributed by atoms with Gasteiger partial charge in [0.15, 0.2) is 11.9 Å². The summed E-state index contributed by atoms with van der Waals surface area (Å²) >= 11 is 11.8. The van der Waals surface area contributed by atoms with E-state index in [1.54, 1.807) is 48.5 Å². The molecule has 12 heteroatoms. The number of nitrogens with zero attached hydrogens (tertiary/aromatic N) is 2. The Morgan fingerprint density at radius 3 is 1.24 bits per heavy atom. The molecule has 2 aromatic rings. The highest BCUT2D eigenvalue weighted by Crippen LogP contribution is 2.15. The van der Waals surface area contributed by atoms with E-state index in [1.165, 1.54) is 9.80 Å². The van der Waals surface area contributed by atoms with Gasteiger partial charge in [0.2, 0.25) is 11.9 Å². The van der Waals surface area contributed by atoms with Crippen LogP contribution in [-0.4, -0.2) is 46.7 Å². The third-order valence-electron chi connectivity index (χ3n) is 4.85. The normalized spacial score (nSPS) is 10.3. The van der Waals surface area contributed by atoms with Crippen LogP contribution < -0.4 is 22.1 Å². The number of nitrogens with one attached hydrogen (secondary N) is 6. The van der Waals surface area contributed by atoms with Crippen LogP contribution in [0.2, 0.25) is 10.0 Å². The van der Waals surface area contributed by atoms with Crippen molar-refractivity contribution in [1.82, 2.24) is 9.80 Å². The summed E-state index contributed by atoms with van der Waals surface area (Å²) in [7, 11) is 0. The number of benzene rings is 2. The summed E-state index contributed by atoms with van der Waals surface area (Å²) < 4.78 is 0. The highest BCUT2D eigenvalue weighted by molar-refractivity contribution is 6.31. The predicted octanol–water partition coefficient (Wildman–Crippen LogP) is 4.34. The summed E-state index contributed by atoms with van der Waals surface area (Å²) in [5, 5.41) is 39.0. The van der Waals surface area contributed by atoms with Crippen molar-refractivity contribution in [3.63, 3.8) is 0 Å². The lowest BCUT2D eigenvalue weighted by molar-refractivity contribution is 0.497. The molecule has 2 aromatic carbocycles. The molecule has 0 saturated heterocycles. The van der Waals surface area contributed by atoms with E-state index in [2.05, 4.69) is 10.6 Å². The first-order chi connectivity index (χ1) is 16.2. The maximum Gasteiger partial charge on any atom is 0.202 e. The van der Waals surface area contributed by atoms with Crippen LogP contribution in [0.15, 0.2) is 48.5 Å². The lowest BCUT2D eigenvalue weighted by Gasteiger charge is -2.24. The molecule has 2 rings (SSSR count). The Hall–Kier alpha value is -3.50. The number of nitrogens with two attached hydrogens (primary N) is 2. The molecule has 10 nitrogen and oxygen atoms in total. The van der Waals surface area contributed by atoms with Gasteiger partial charge in [-0.15, -0.1) is 0 Å². The Kier molecular flexibility index (Phi) is 10.4. The van der Waals surface area contributed by atoms with E-state index >= 15 is 0 Å². The van der Waals surface area contributed by atoms with Crippen molar-refractivity contribution in [2.45, 2.75) is 25.7 Å². The molecule has 34 heavy (non-hydrogen) atoms. The van der Waals surface area contributed by atoms with Gasteiger partial charge in [0.05, 0.1) is 0 Å². The standard InChI is InChI=1S/C22H30Cl2N10/c23-15-5-9-17(10-6-15)31-21(29)33(19(25)26)13-3-1-2-4-14-34(20(27)28)22(30)32-18-11-7-16(24)8-12-18/h5-12H,1-4,13-14H2,(H3,25,26)(H3,27,28)(H2,29,31)(H2,30,32). The number of hydrogen-bond donors (Lipinski definition) is 8. The van der Waals surface area contributed by atoms with Gasteiger partial charge in [-0.2, -0.15) is 0 Å². The molecule has 0 amide bonds. The Bertz CT molecular complexity index is 910. The van der Waals surface area contributed by atoms with Crippen molar-refractivity contribution in [2.75, 3.05) is 23.7 Å². The van der Waals surface area contributed by atoms with Crippen molar-refractivity contribution in [3.05, 3.63) is 58.6 Å². The van der Waals surface area contributed by atoms with Crippen LogP contribution in [0.25, 0.3) is 0 Å². The van der Waals surface area contributed by atoms with Crippen LogP contribution in [0.1, 0.15) is 25.7 Å². The molecule has 0 bridgehead atoms. The smallest absolute Gasteiger partial charge is 0.202 e. The molecule has 10 N–H and O–H groups in total. The van der Waals surface area contributed by atoms with E-state index in [0.29, 0.717) is 47.4 Å². The van der Waals surface area contributed by atoms with Gasteiger partial charge in [-0.05, 0) is 61.4 Å². The number of guanidine groups is 4. The van der Waals surface area contributed by atoms with Gasteiger partial charge >= 0.3 is 0 Å². The lowest BCUT2D eigenvalue weighted by Crippen LogP contribution is -2.45. The molecule has 0 fully saturated rings. The van der Waals surface area contributed by atoms with E-state index in [0.717, 1.165) is 12.8 Å². The summed E-state index contributed by atoms with van der Waals surface area (Å²) in [6.07, 6.45) is 3.07. The van der Waals surface area contributed by atoms with Crippen LogP contribution >= 0.6 is 23.2 Å². The molecule has 0 radical (unpaired) electrons. The number of unbranched alkanes of at least 4 members (excludes halogenated alkanes) is 3. The minimum absolute atomic E-state index is 0.0132. The molecule has 0 saturated carbocycles. The predicted molar refractivity (Wildman–Crippen MR) is 141 cm³/mol. The first-order valence-corrected chi connectivity index (χ1v) is 11.4. The Balaban J connectivity index is 1.75. The molecule has 0 heterocycles. The van der Waals surface area contributed by atoms with E-state index in [1.807, 2.05) is 0 Å².